The molecule has 7 N–H and O–H groups in total. The van der Waals surface area contributed by atoms with Crippen LogP contribution < -0.4 is 27.4 Å². The Morgan fingerprint density at radius 1 is 0.333 bits per heavy atom. The quantitative estimate of drug-likeness (QED) is 0.206. The van der Waals surface area contributed by atoms with E-state index in [2.05, 4.69) is 16.0 Å². The Kier molecular flexibility index (Phi) is 22.6. The van der Waals surface area contributed by atoms with Crippen molar-refractivity contribution in [1.29, 1.82) is 0 Å². The summed E-state index contributed by atoms with van der Waals surface area (Å²) in [6.07, 6.45) is 14.0. The van der Waals surface area contributed by atoms with Gasteiger partial charge in [0.05, 0.1) is 0 Å². The lowest BCUT2D eigenvalue weighted by molar-refractivity contribution is 0.538. The number of rotatable bonds is 21. The van der Waals surface area contributed by atoms with Gasteiger partial charge in [0.1, 0.15) is 0 Å². The van der Waals surface area contributed by atoms with Crippen LogP contribution in [-0.2, 0) is 0 Å². The first-order valence-corrected chi connectivity index (χ1v) is 10.4. The molecular weight excluding hydrogens is 298 g/mol. The monoisotopic (exact) mass is 343 g/mol. The van der Waals surface area contributed by atoms with Gasteiger partial charge in [0, 0.05) is 13.1 Å². The van der Waals surface area contributed by atoms with Crippen LogP contribution in [0, 0.1) is 0 Å². The Morgan fingerprint density at radius 3 is 1.00 bits per heavy atom. The van der Waals surface area contributed by atoms with Gasteiger partial charge in [-0.25, -0.2) is 0 Å². The van der Waals surface area contributed by atoms with Crippen molar-refractivity contribution in [2.45, 2.75) is 70.6 Å². The normalized spacial score (nSPS) is 11.2. The third-order valence-electron chi connectivity index (χ3n) is 4.30. The van der Waals surface area contributed by atoms with Crippen molar-refractivity contribution in [3.8, 4) is 0 Å². The molecule has 0 saturated carbocycles. The molecule has 0 aromatic rings. The first-order valence-electron chi connectivity index (χ1n) is 10.4. The largest absolute Gasteiger partial charge is 0.330 e. The van der Waals surface area contributed by atoms with Crippen molar-refractivity contribution < 1.29 is 0 Å². The Labute approximate surface area is 151 Å². The summed E-state index contributed by atoms with van der Waals surface area (Å²) in [6, 6.07) is 0. The third kappa shape index (κ3) is 21.8. The van der Waals surface area contributed by atoms with Gasteiger partial charge in [-0.2, -0.15) is 0 Å². The van der Waals surface area contributed by atoms with Crippen molar-refractivity contribution >= 4 is 0 Å². The van der Waals surface area contributed by atoms with E-state index < -0.39 is 0 Å². The molecule has 146 valence electrons. The minimum atomic E-state index is 0.836. The van der Waals surface area contributed by atoms with Crippen LogP contribution >= 0.6 is 0 Å². The van der Waals surface area contributed by atoms with E-state index in [-0.39, 0.29) is 0 Å². The Morgan fingerprint density at radius 2 is 0.625 bits per heavy atom. The van der Waals surface area contributed by atoms with Crippen molar-refractivity contribution in [2.24, 2.45) is 11.5 Å². The highest BCUT2D eigenvalue weighted by molar-refractivity contribution is 4.55. The maximum absolute atomic E-state index is 5.48. The zero-order valence-corrected chi connectivity index (χ0v) is 16.1. The molecule has 0 amide bonds. The van der Waals surface area contributed by atoms with Gasteiger partial charge in [0.25, 0.3) is 0 Å². The van der Waals surface area contributed by atoms with E-state index in [9.17, 15) is 0 Å². The molecule has 0 atom stereocenters. The fourth-order valence-electron chi connectivity index (χ4n) is 2.72. The first-order chi connectivity index (χ1) is 11.9. The smallest absolute Gasteiger partial charge is 0.00767 e. The van der Waals surface area contributed by atoms with Gasteiger partial charge in [-0.3, -0.25) is 0 Å². The predicted molar refractivity (Wildman–Crippen MR) is 108 cm³/mol. The van der Waals surface area contributed by atoms with E-state index in [0.29, 0.717) is 0 Å². The van der Waals surface area contributed by atoms with Crippen molar-refractivity contribution in [3.63, 3.8) is 0 Å². The number of unbranched alkanes of at least 4 members (excludes halogenated alkanes) is 8. The zero-order chi connectivity index (χ0) is 17.6. The molecule has 0 aromatic carbocycles. The summed E-state index contributed by atoms with van der Waals surface area (Å²) in [5.74, 6) is 0. The van der Waals surface area contributed by atoms with E-state index >= 15 is 0 Å². The van der Waals surface area contributed by atoms with Gasteiger partial charge < -0.3 is 27.4 Å². The second-order valence-corrected chi connectivity index (χ2v) is 6.72. The predicted octanol–water partition coefficient (Wildman–Crippen LogP) is 1.96. The minimum Gasteiger partial charge on any atom is -0.330 e. The molecule has 0 radical (unpaired) electrons. The zero-order valence-electron chi connectivity index (χ0n) is 16.1. The lowest BCUT2D eigenvalue weighted by atomic mass is 10.2. The second kappa shape index (κ2) is 22.8. The Bertz CT molecular complexity index is 192. The summed E-state index contributed by atoms with van der Waals surface area (Å²) in [6.45, 7) is 8.48. The molecule has 0 aromatic heterocycles. The van der Waals surface area contributed by atoms with Gasteiger partial charge >= 0.3 is 0 Å². The van der Waals surface area contributed by atoms with E-state index in [1.807, 2.05) is 0 Å². The van der Waals surface area contributed by atoms with E-state index in [1.165, 1.54) is 83.7 Å². The maximum Gasteiger partial charge on any atom is 0.00767 e. The summed E-state index contributed by atoms with van der Waals surface area (Å²) in [4.78, 5) is 0. The SMILES string of the molecule is NCCCCCCNCCCCCNCCNCCCCCCN. The van der Waals surface area contributed by atoms with Crippen LogP contribution in [0.5, 0.6) is 0 Å². The van der Waals surface area contributed by atoms with Gasteiger partial charge in [0.15, 0.2) is 0 Å². The van der Waals surface area contributed by atoms with Crippen LogP contribution in [0.4, 0.5) is 0 Å². The highest BCUT2D eigenvalue weighted by Crippen LogP contribution is 1.98. The third-order valence-corrected chi connectivity index (χ3v) is 4.30. The lowest BCUT2D eigenvalue weighted by Gasteiger charge is -2.07. The van der Waals surface area contributed by atoms with Crippen LogP contribution in [0.3, 0.4) is 0 Å². The highest BCUT2D eigenvalue weighted by Gasteiger charge is 1.93. The van der Waals surface area contributed by atoms with Crippen molar-refractivity contribution in [2.75, 3.05) is 52.4 Å². The summed E-state index contributed by atoms with van der Waals surface area (Å²) in [5, 5.41) is 10.5. The summed E-state index contributed by atoms with van der Waals surface area (Å²) in [7, 11) is 0. The molecule has 0 aliphatic carbocycles. The fraction of sp³-hybridized carbons (Fsp3) is 1.00. The topological polar surface area (TPSA) is 88.1 Å². The van der Waals surface area contributed by atoms with Crippen LogP contribution in [0.2, 0.25) is 0 Å². The molecular formula is C19H45N5. The highest BCUT2D eigenvalue weighted by atomic mass is 14.9. The Balaban J connectivity index is 2.93. The summed E-state index contributed by atoms with van der Waals surface area (Å²) >= 11 is 0. The van der Waals surface area contributed by atoms with E-state index in [1.54, 1.807) is 0 Å². The van der Waals surface area contributed by atoms with E-state index in [0.717, 1.165) is 39.3 Å². The average Bonchev–Trinajstić information content (AvgIpc) is 2.60. The molecule has 24 heavy (non-hydrogen) atoms. The van der Waals surface area contributed by atoms with Crippen LogP contribution in [-0.4, -0.2) is 52.4 Å². The van der Waals surface area contributed by atoms with Crippen LogP contribution in [0.15, 0.2) is 0 Å². The summed E-state index contributed by atoms with van der Waals surface area (Å²) in [5.41, 5.74) is 11.0. The molecule has 0 heterocycles. The van der Waals surface area contributed by atoms with Crippen LogP contribution in [0.1, 0.15) is 70.6 Å². The first kappa shape index (κ1) is 23.8. The molecule has 5 nitrogen and oxygen atoms in total. The van der Waals surface area contributed by atoms with Crippen LogP contribution in [0.25, 0.3) is 0 Å². The van der Waals surface area contributed by atoms with Crippen molar-refractivity contribution in [1.82, 2.24) is 16.0 Å². The van der Waals surface area contributed by atoms with Gasteiger partial charge in [-0.15, -0.1) is 0 Å². The molecule has 0 aliphatic heterocycles. The average molecular weight is 344 g/mol. The molecule has 0 unspecified atom stereocenters. The maximum atomic E-state index is 5.48. The second-order valence-electron chi connectivity index (χ2n) is 6.72. The van der Waals surface area contributed by atoms with Crippen molar-refractivity contribution in [3.05, 3.63) is 0 Å². The number of nitrogens with one attached hydrogen (secondary N) is 3. The van der Waals surface area contributed by atoms with Gasteiger partial charge in [-0.05, 0) is 77.8 Å². The molecule has 0 aliphatic rings. The fourth-order valence-corrected chi connectivity index (χ4v) is 2.72. The van der Waals surface area contributed by atoms with Gasteiger partial charge in [0.2, 0.25) is 0 Å². The van der Waals surface area contributed by atoms with Gasteiger partial charge in [-0.1, -0.05) is 32.1 Å². The Hall–Kier alpha value is -0.200. The number of nitrogens with two attached hydrogens (primary N) is 2. The molecule has 0 spiro atoms. The molecule has 5 heteroatoms. The number of hydrogen-bond acceptors (Lipinski definition) is 5. The molecule has 0 bridgehead atoms. The molecule has 0 fully saturated rings. The molecule has 0 rings (SSSR count). The van der Waals surface area contributed by atoms with E-state index in [4.69, 9.17) is 11.5 Å². The summed E-state index contributed by atoms with van der Waals surface area (Å²) < 4.78 is 0. The molecule has 0 saturated heterocycles. The number of hydrogen-bond donors (Lipinski definition) is 5. The minimum absolute atomic E-state index is 0.836. The lowest BCUT2D eigenvalue weighted by Crippen LogP contribution is -2.28. The standard InChI is InChI=1S/C19H45N5/c20-12-6-1-3-8-14-22-15-10-5-11-17-24-19-18-23-16-9-4-2-7-13-21/h22-24H,1-21H2.